The van der Waals surface area contributed by atoms with Crippen molar-refractivity contribution in [1.29, 1.82) is 0 Å². The molecule has 0 spiro atoms. The molecular weight excluding hydrogens is 176 g/mol. The van der Waals surface area contributed by atoms with Crippen molar-refractivity contribution in [2.45, 2.75) is 39.7 Å². The van der Waals surface area contributed by atoms with Crippen LogP contribution in [0.1, 0.15) is 34.1 Å². The molecule has 0 aromatic carbocycles. The minimum atomic E-state index is -3.30. The van der Waals surface area contributed by atoms with Crippen LogP contribution in [0.5, 0.6) is 0 Å². The predicted octanol–water partition coefficient (Wildman–Crippen LogP) is 0.619. The van der Waals surface area contributed by atoms with Crippen molar-refractivity contribution in [3.8, 4) is 0 Å². The van der Waals surface area contributed by atoms with Crippen molar-refractivity contribution in [3.05, 3.63) is 0 Å². The molecule has 0 bridgehead atoms. The summed E-state index contributed by atoms with van der Waals surface area (Å²) < 4.78 is 27.3. The SMILES string of the molecule is CCCNS(=O)(=O)NC(C)(C)C. The Labute approximate surface area is 74.9 Å². The summed E-state index contributed by atoms with van der Waals surface area (Å²) in [6, 6.07) is 0. The maximum Gasteiger partial charge on any atom is 0.277 e. The first-order valence-electron chi connectivity index (χ1n) is 4.05. The molecule has 0 aromatic heterocycles. The average molecular weight is 194 g/mol. The quantitative estimate of drug-likeness (QED) is 0.689. The van der Waals surface area contributed by atoms with E-state index in [2.05, 4.69) is 9.44 Å². The number of hydrogen-bond donors (Lipinski definition) is 2. The van der Waals surface area contributed by atoms with E-state index in [1.165, 1.54) is 0 Å². The van der Waals surface area contributed by atoms with Crippen LogP contribution in [0.4, 0.5) is 0 Å². The van der Waals surface area contributed by atoms with Crippen LogP contribution >= 0.6 is 0 Å². The largest absolute Gasteiger partial charge is 0.277 e. The van der Waals surface area contributed by atoms with Crippen molar-refractivity contribution in [1.82, 2.24) is 9.44 Å². The van der Waals surface area contributed by atoms with Crippen molar-refractivity contribution in [2.24, 2.45) is 0 Å². The second kappa shape index (κ2) is 4.20. The minimum Gasteiger partial charge on any atom is -0.202 e. The third kappa shape index (κ3) is 6.57. The second-order valence-corrected chi connectivity index (χ2v) is 5.25. The molecule has 12 heavy (non-hydrogen) atoms. The highest BCUT2D eigenvalue weighted by molar-refractivity contribution is 7.87. The minimum absolute atomic E-state index is 0.417. The highest BCUT2D eigenvalue weighted by atomic mass is 32.2. The number of hydrogen-bond acceptors (Lipinski definition) is 2. The Bertz CT molecular complexity index is 216. The van der Waals surface area contributed by atoms with Gasteiger partial charge in [-0.1, -0.05) is 6.92 Å². The first-order valence-corrected chi connectivity index (χ1v) is 5.54. The van der Waals surface area contributed by atoms with Crippen LogP contribution in [0.2, 0.25) is 0 Å². The fourth-order valence-electron chi connectivity index (χ4n) is 0.676. The van der Waals surface area contributed by atoms with Gasteiger partial charge in [0.1, 0.15) is 0 Å². The standard InChI is InChI=1S/C7H18N2O2S/c1-5-6-8-12(10,11)9-7(2,3)4/h8-9H,5-6H2,1-4H3. The van der Waals surface area contributed by atoms with Crippen LogP contribution < -0.4 is 9.44 Å². The van der Waals surface area contributed by atoms with Gasteiger partial charge in [0.05, 0.1) is 0 Å². The predicted molar refractivity (Wildman–Crippen MR) is 50.1 cm³/mol. The zero-order chi connectivity index (χ0) is 9.83. The van der Waals surface area contributed by atoms with E-state index in [0.29, 0.717) is 6.54 Å². The zero-order valence-corrected chi connectivity index (χ0v) is 8.96. The third-order valence-corrected chi connectivity index (χ3v) is 2.45. The summed E-state index contributed by atoms with van der Waals surface area (Å²) in [6.45, 7) is 7.81. The molecule has 74 valence electrons. The molecule has 0 heterocycles. The van der Waals surface area contributed by atoms with Gasteiger partial charge in [0.25, 0.3) is 10.2 Å². The second-order valence-electron chi connectivity index (χ2n) is 3.75. The molecule has 0 aliphatic rings. The van der Waals surface area contributed by atoms with Crippen LogP contribution in [0.15, 0.2) is 0 Å². The molecule has 5 heteroatoms. The first-order chi connectivity index (χ1) is 5.27. The van der Waals surface area contributed by atoms with Crippen LogP contribution in [-0.4, -0.2) is 20.5 Å². The zero-order valence-electron chi connectivity index (χ0n) is 8.14. The van der Waals surface area contributed by atoms with Gasteiger partial charge in [-0.25, -0.2) is 4.72 Å². The van der Waals surface area contributed by atoms with E-state index in [0.717, 1.165) is 6.42 Å². The van der Waals surface area contributed by atoms with E-state index < -0.39 is 15.7 Å². The summed E-state index contributed by atoms with van der Waals surface area (Å²) >= 11 is 0. The highest BCUT2D eigenvalue weighted by Gasteiger charge is 2.18. The van der Waals surface area contributed by atoms with Crippen molar-refractivity contribution in [2.75, 3.05) is 6.54 Å². The van der Waals surface area contributed by atoms with Crippen LogP contribution in [0, 0.1) is 0 Å². The van der Waals surface area contributed by atoms with Crippen molar-refractivity contribution >= 4 is 10.2 Å². The summed E-state index contributed by atoms with van der Waals surface area (Å²) in [6.07, 6.45) is 0.797. The molecule has 0 fully saturated rings. The molecule has 0 radical (unpaired) electrons. The molecule has 0 saturated heterocycles. The van der Waals surface area contributed by atoms with Gasteiger partial charge in [-0.3, -0.25) is 0 Å². The van der Waals surface area contributed by atoms with E-state index in [1.807, 2.05) is 6.92 Å². The molecule has 0 amide bonds. The molecule has 0 aliphatic heterocycles. The Hall–Kier alpha value is -0.130. The van der Waals surface area contributed by atoms with Crippen molar-refractivity contribution in [3.63, 3.8) is 0 Å². The topological polar surface area (TPSA) is 58.2 Å². The van der Waals surface area contributed by atoms with Gasteiger partial charge < -0.3 is 0 Å². The van der Waals surface area contributed by atoms with Crippen molar-refractivity contribution < 1.29 is 8.42 Å². The van der Waals surface area contributed by atoms with Gasteiger partial charge in [-0.15, -0.1) is 0 Å². The monoisotopic (exact) mass is 194 g/mol. The van der Waals surface area contributed by atoms with Gasteiger partial charge in [-0.2, -0.15) is 13.1 Å². The molecule has 0 atom stereocenters. The van der Waals surface area contributed by atoms with Crippen LogP contribution in [0.25, 0.3) is 0 Å². The number of nitrogens with one attached hydrogen (secondary N) is 2. The van der Waals surface area contributed by atoms with Gasteiger partial charge in [0.15, 0.2) is 0 Å². The van der Waals surface area contributed by atoms with E-state index >= 15 is 0 Å². The average Bonchev–Trinajstić information content (AvgIpc) is 1.78. The lowest BCUT2D eigenvalue weighted by molar-refractivity contribution is 0.483. The number of rotatable bonds is 4. The fourth-order valence-corrected chi connectivity index (χ4v) is 2.03. The fraction of sp³-hybridized carbons (Fsp3) is 1.00. The van der Waals surface area contributed by atoms with Gasteiger partial charge in [0, 0.05) is 12.1 Å². The molecule has 0 rings (SSSR count). The molecule has 0 aliphatic carbocycles. The lowest BCUT2D eigenvalue weighted by Gasteiger charge is -2.20. The van der Waals surface area contributed by atoms with E-state index in [-0.39, 0.29) is 0 Å². The molecule has 0 aromatic rings. The van der Waals surface area contributed by atoms with E-state index in [9.17, 15) is 8.42 Å². The maximum absolute atomic E-state index is 11.2. The Kier molecular flexibility index (Phi) is 4.16. The highest BCUT2D eigenvalue weighted by Crippen LogP contribution is 1.99. The summed E-state index contributed by atoms with van der Waals surface area (Å²) in [5.74, 6) is 0. The Morgan fingerprint density at radius 3 is 2.08 bits per heavy atom. The Morgan fingerprint density at radius 1 is 1.25 bits per heavy atom. The Balaban J connectivity index is 4.06. The summed E-state index contributed by atoms with van der Waals surface area (Å²) in [7, 11) is -3.30. The van der Waals surface area contributed by atoms with E-state index in [1.54, 1.807) is 20.8 Å². The lowest BCUT2D eigenvalue weighted by atomic mass is 10.1. The summed E-state index contributed by atoms with van der Waals surface area (Å²) in [5.41, 5.74) is -0.417. The molecule has 0 saturated carbocycles. The van der Waals surface area contributed by atoms with Crippen LogP contribution in [0.3, 0.4) is 0 Å². The van der Waals surface area contributed by atoms with Gasteiger partial charge >= 0.3 is 0 Å². The molecular formula is C7H18N2O2S. The smallest absolute Gasteiger partial charge is 0.202 e. The lowest BCUT2D eigenvalue weighted by Crippen LogP contribution is -2.46. The molecule has 4 nitrogen and oxygen atoms in total. The summed E-state index contributed by atoms with van der Waals surface area (Å²) in [5, 5.41) is 0. The van der Waals surface area contributed by atoms with E-state index in [4.69, 9.17) is 0 Å². The first kappa shape index (κ1) is 11.9. The molecule has 0 unspecified atom stereocenters. The van der Waals surface area contributed by atoms with Gasteiger partial charge in [-0.05, 0) is 27.2 Å². The normalized spacial score (nSPS) is 13.3. The van der Waals surface area contributed by atoms with Crippen LogP contribution in [-0.2, 0) is 10.2 Å². The molecule has 2 N–H and O–H groups in total. The third-order valence-electron chi connectivity index (χ3n) is 0.983. The van der Waals surface area contributed by atoms with Gasteiger partial charge in [0.2, 0.25) is 0 Å². The summed E-state index contributed by atoms with van der Waals surface area (Å²) in [4.78, 5) is 0. The Morgan fingerprint density at radius 2 is 1.75 bits per heavy atom. The maximum atomic E-state index is 11.2.